The summed E-state index contributed by atoms with van der Waals surface area (Å²) in [7, 11) is 1.32. The summed E-state index contributed by atoms with van der Waals surface area (Å²) < 4.78 is 4.76. The van der Waals surface area contributed by atoms with Crippen molar-refractivity contribution in [3.8, 4) is 0 Å². The van der Waals surface area contributed by atoms with Crippen LogP contribution in [0, 0.1) is 5.92 Å². The monoisotopic (exact) mass is 326 g/mol. The Morgan fingerprint density at radius 1 is 1.00 bits per heavy atom. The number of carboxylic acids is 1. The SMILES string of the molecule is COC(=O)C[C@@H](c1ccccc1)[C@@H](CCc1ccccc1)C(=O)O. The fraction of sp³-hybridized carbons (Fsp3) is 0.300. The van der Waals surface area contributed by atoms with E-state index in [0.29, 0.717) is 12.8 Å². The first-order valence-electron chi connectivity index (χ1n) is 8.00. The summed E-state index contributed by atoms with van der Waals surface area (Å²) in [6.07, 6.45) is 1.19. The van der Waals surface area contributed by atoms with Crippen molar-refractivity contribution < 1.29 is 19.4 Å². The first-order valence-corrected chi connectivity index (χ1v) is 8.00. The summed E-state index contributed by atoms with van der Waals surface area (Å²) >= 11 is 0. The van der Waals surface area contributed by atoms with Gasteiger partial charge in [-0.2, -0.15) is 0 Å². The van der Waals surface area contributed by atoms with E-state index in [0.717, 1.165) is 11.1 Å². The maximum absolute atomic E-state index is 11.9. The third-order valence-corrected chi connectivity index (χ3v) is 4.23. The molecule has 0 fully saturated rings. The molecule has 0 amide bonds. The van der Waals surface area contributed by atoms with E-state index in [2.05, 4.69) is 0 Å². The van der Waals surface area contributed by atoms with Crippen molar-refractivity contribution in [1.82, 2.24) is 0 Å². The van der Waals surface area contributed by atoms with Crippen LogP contribution in [0.25, 0.3) is 0 Å². The number of benzene rings is 2. The molecule has 0 saturated heterocycles. The minimum atomic E-state index is -0.885. The largest absolute Gasteiger partial charge is 0.481 e. The van der Waals surface area contributed by atoms with Crippen molar-refractivity contribution in [2.75, 3.05) is 7.11 Å². The highest BCUT2D eigenvalue weighted by molar-refractivity contribution is 5.75. The van der Waals surface area contributed by atoms with Crippen molar-refractivity contribution in [3.63, 3.8) is 0 Å². The van der Waals surface area contributed by atoms with Gasteiger partial charge in [0.1, 0.15) is 0 Å². The molecular formula is C20H22O4. The molecule has 0 unspecified atom stereocenters. The second kappa shape index (κ2) is 8.87. The van der Waals surface area contributed by atoms with Crippen molar-refractivity contribution in [2.24, 2.45) is 5.92 Å². The minimum Gasteiger partial charge on any atom is -0.481 e. The molecule has 1 N–H and O–H groups in total. The fourth-order valence-electron chi connectivity index (χ4n) is 2.92. The van der Waals surface area contributed by atoms with Gasteiger partial charge < -0.3 is 9.84 Å². The number of ether oxygens (including phenoxy) is 1. The number of aryl methyl sites for hydroxylation is 1. The Bertz CT molecular complexity index is 652. The Labute approximate surface area is 142 Å². The number of methoxy groups -OCH3 is 1. The molecule has 0 heterocycles. The van der Waals surface area contributed by atoms with Crippen LogP contribution in [0.4, 0.5) is 0 Å². The average Bonchev–Trinajstić information content (AvgIpc) is 2.62. The van der Waals surface area contributed by atoms with Gasteiger partial charge >= 0.3 is 11.9 Å². The summed E-state index contributed by atoms with van der Waals surface area (Å²) in [6.45, 7) is 0. The second-order valence-electron chi connectivity index (χ2n) is 5.77. The standard InChI is InChI=1S/C20H22O4/c1-24-19(21)14-18(16-10-6-3-7-11-16)17(20(22)23)13-12-15-8-4-2-5-9-15/h2-11,17-18H,12-14H2,1H3,(H,22,23)/t17-,18+/m1/s1. The van der Waals surface area contributed by atoms with Crippen LogP contribution in [0.2, 0.25) is 0 Å². The van der Waals surface area contributed by atoms with Crippen LogP contribution in [-0.2, 0) is 20.7 Å². The first kappa shape index (κ1) is 17.7. The van der Waals surface area contributed by atoms with Gasteiger partial charge in [-0.05, 0) is 24.0 Å². The van der Waals surface area contributed by atoms with Crippen LogP contribution >= 0.6 is 0 Å². The Hall–Kier alpha value is -2.62. The maximum atomic E-state index is 11.9. The van der Waals surface area contributed by atoms with Gasteiger partial charge in [-0.25, -0.2) is 0 Å². The molecule has 0 radical (unpaired) electrons. The molecule has 0 aliphatic heterocycles. The highest BCUT2D eigenvalue weighted by Crippen LogP contribution is 2.32. The maximum Gasteiger partial charge on any atom is 0.307 e. The number of carboxylic acid groups (broad SMARTS) is 1. The molecule has 0 aromatic heterocycles. The Kier molecular flexibility index (Phi) is 6.55. The molecule has 126 valence electrons. The molecule has 4 heteroatoms. The molecule has 2 atom stereocenters. The van der Waals surface area contributed by atoms with Gasteiger partial charge in [-0.15, -0.1) is 0 Å². The number of aliphatic carboxylic acids is 1. The molecule has 4 nitrogen and oxygen atoms in total. The van der Waals surface area contributed by atoms with E-state index < -0.39 is 23.8 Å². The molecule has 2 aromatic rings. The number of hydrogen-bond acceptors (Lipinski definition) is 3. The smallest absolute Gasteiger partial charge is 0.307 e. The van der Waals surface area contributed by atoms with Crippen molar-refractivity contribution in [2.45, 2.75) is 25.2 Å². The normalized spacial score (nSPS) is 13.0. The van der Waals surface area contributed by atoms with Gasteiger partial charge in [0.2, 0.25) is 0 Å². The second-order valence-corrected chi connectivity index (χ2v) is 5.77. The van der Waals surface area contributed by atoms with E-state index in [1.54, 1.807) is 0 Å². The lowest BCUT2D eigenvalue weighted by Crippen LogP contribution is -2.25. The Morgan fingerprint density at radius 2 is 1.58 bits per heavy atom. The Balaban J connectivity index is 2.21. The summed E-state index contributed by atoms with van der Waals surface area (Å²) in [5.74, 6) is -2.33. The zero-order valence-electron chi connectivity index (χ0n) is 13.7. The van der Waals surface area contributed by atoms with Gasteiger partial charge in [0.15, 0.2) is 0 Å². The van der Waals surface area contributed by atoms with Crippen LogP contribution < -0.4 is 0 Å². The zero-order valence-corrected chi connectivity index (χ0v) is 13.7. The Morgan fingerprint density at radius 3 is 2.12 bits per heavy atom. The van der Waals surface area contributed by atoms with Crippen LogP contribution in [0.5, 0.6) is 0 Å². The number of carbonyl (C=O) groups is 2. The predicted octanol–water partition coefficient (Wildman–Crippen LogP) is 3.67. The quantitative estimate of drug-likeness (QED) is 0.752. The van der Waals surface area contributed by atoms with E-state index in [4.69, 9.17) is 4.74 Å². The van der Waals surface area contributed by atoms with E-state index in [1.165, 1.54) is 7.11 Å². The highest BCUT2D eigenvalue weighted by atomic mass is 16.5. The van der Waals surface area contributed by atoms with Gasteiger partial charge in [-0.3, -0.25) is 9.59 Å². The highest BCUT2D eigenvalue weighted by Gasteiger charge is 2.31. The lowest BCUT2D eigenvalue weighted by Gasteiger charge is -2.23. The first-order chi connectivity index (χ1) is 11.6. The van der Waals surface area contributed by atoms with E-state index in [-0.39, 0.29) is 6.42 Å². The third-order valence-electron chi connectivity index (χ3n) is 4.23. The topological polar surface area (TPSA) is 63.6 Å². The third kappa shape index (κ3) is 4.95. The van der Waals surface area contributed by atoms with Crippen LogP contribution in [-0.4, -0.2) is 24.2 Å². The summed E-state index contributed by atoms with van der Waals surface area (Å²) in [5.41, 5.74) is 1.94. The average molecular weight is 326 g/mol. The zero-order chi connectivity index (χ0) is 17.4. The molecule has 0 spiro atoms. The fourth-order valence-corrected chi connectivity index (χ4v) is 2.92. The van der Waals surface area contributed by atoms with Gasteiger partial charge in [0.25, 0.3) is 0 Å². The molecule has 2 rings (SSSR count). The summed E-state index contributed by atoms with van der Waals surface area (Å²) in [4.78, 5) is 23.6. The molecule has 0 saturated carbocycles. The number of rotatable bonds is 8. The van der Waals surface area contributed by atoms with Gasteiger partial charge in [-0.1, -0.05) is 60.7 Å². The molecular weight excluding hydrogens is 304 g/mol. The van der Waals surface area contributed by atoms with E-state index >= 15 is 0 Å². The lowest BCUT2D eigenvalue weighted by molar-refractivity contribution is -0.145. The van der Waals surface area contributed by atoms with Gasteiger partial charge in [0.05, 0.1) is 19.4 Å². The number of esters is 1. The van der Waals surface area contributed by atoms with Crippen LogP contribution in [0.3, 0.4) is 0 Å². The lowest BCUT2D eigenvalue weighted by atomic mass is 9.80. The molecule has 2 aromatic carbocycles. The number of carbonyl (C=O) groups excluding carboxylic acids is 1. The minimum absolute atomic E-state index is 0.0618. The summed E-state index contributed by atoms with van der Waals surface area (Å²) in [6, 6.07) is 19.1. The predicted molar refractivity (Wildman–Crippen MR) is 91.7 cm³/mol. The number of hydrogen-bond donors (Lipinski definition) is 1. The summed E-state index contributed by atoms with van der Waals surface area (Å²) in [5, 5.41) is 9.72. The van der Waals surface area contributed by atoms with Crippen molar-refractivity contribution in [1.29, 1.82) is 0 Å². The molecule has 0 bridgehead atoms. The van der Waals surface area contributed by atoms with E-state index in [1.807, 2.05) is 60.7 Å². The van der Waals surface area contributed by atoms with Crippen molar-refractivity contribution >= 4 is 11.9 Å². The molecule has 0 aliphatic rings. The van der Waals surface area contributed by atoms with Crippen LogP contribution in [0.1, 0.15) is 29.9 Å². The molecule has 24 heavy (non-hydrogen) atoms. The van der Waals surface area contributed by atoms with Crippen molar-refractivity contribution in [3.05, 3.63) is 71.8 Å². The molecule has 0 aliphatic carbocycles. The van der Waals surface area contributed by atoms with E-state index in [9.17, 15) is 14.7 Å². The van der Waals surface area contributed by atoms with Gasteiger partial charge in [0, 0.05) is 5.92 Å². The van der Waals surface area contributed by atoms with Crippen LogP contribution in [0.15, 0.2) is 60.7 Å².